The van der Waals surface area contributed by atoms with Gasteiger partial charge in [-0.05, 0) is 38.8 Å². The standard InChI is InChI=1S/C17H21N7O2/c1-11-14(12(2)26-22-11)3-6-17(25)19-13-7-8-23(9-13)16-5-4-15-20-18-10-24(15)21-16/h4-5,10,13H,3,6-9H2,1-2H3,(H,19,25)/t13-/m1/s1. The Morgan fingerprint density at radius 3 is 3.08 bits per heavy atom. The van der Waals surface area contributed by atoms with Gasteiger partial charge in [0.25, 0.3) is 0 Å². The maximum Gasteiger partial charge on any atom is 0.220 e. The molecule has 1 atom stereocenters. The number of anilines is 1. The van der Waals surface area contributed by atoms with Gasteiger partial charge in [-0.2, -0.15) is 4.52 Å². The molecule has 0 saturated carbocycles. The molecule has 0 bridgehead atoms. The highest BCUT2D eigenvalue weighted by atomic mass is 16.5. The molecule has 4 rings (SSSR count). The molecule has 26 heavy (non-hydrogen) atoms. The zero-order valence-corrected chi connectivity index (χ0v) is 14.8. The molecule has 0 aliphatic carbocycles. The number of nitrogens with one attached hydrogen (secondary N) is 1. The average molecular weight is 355 g/mol. The fraction of sp³-hybridized carbons (Fsp3) is 0.471. The minimum absolute atomic E-state index is 0.0547. The van der Waals surface area contributed by atoms with Crippen LogP contribution in [0.15, 0.2) is 23.0 Å². The molecule has 0 aromatic carbocycles. The Bertz CT molecular complexity index is 913. The lowest BCUT2D eigenvalue weighted by molar-refractivity contribution is -0.121. The summed E-state index contributed by atoms with van der Waals surface area (Å²) in [5.74, 6) is 1.71. The first-order chi connectivity index (χ1) is 12.6. The van der Waals surface area contributed by atoms with Gasteiger partial charge in [0.05, 0.1) is 5.69 Å². The Kier molecular flexibility index (Phi) is 4.27. The quantitative estimate of drug-likeness (QED) is 0.730. The molecule has 1 aliphatic heterocycles. The Balaban J connectivity index is 1.31. The third-order valence-electron chi connectivity index (χ3n) is 4.81. The van der Waals surface area contributed by atoms with E-state index < -0.39 is 0 Å². The van der Waals surface area contributed by atoms with Gasteiger partial charge in [-0.25, -0.2) is 0 Å². The van der Waals surface area contributed by atoms with Crippen LogP contribution in [0.3, 0.4) is 0 Å². The molecule has 1 amide bonds. The van der Waals surface area contributed by atoms with Gasteiger partial charge < -0.3 is 14.7 Å². The summed E-state index contributed by atoms with van der Waals surface area (Å²) >= 11 is 0. The summed E-state index contributed by atoms with van der Waals surface area (Å²) < 4.78 is 6.80. The van der Waals surface area contributed by atoms with Crippen LogP contribution in [-0.4, -0.2) is 50.0 Å². The van der Waals surface area contributed by atoms with Crippen LogP contribution in [0.1, 0.15) is 29.9 Å². The van der Waals surface area contributed by atoms with E-state index in [1.54, 1.807) is 10.8 Å². The Morgan fingerprint density at radius 1 is 1.38 bits per heavy atom. The third-order valence-corrected chi connectivity index (χ3v) is 4.81. The van der Waals surface area contributed by atoms with E-state index in [1.807, 2.05) is 26.0 Å². The monoisotopic (exact) mass is 355 g/mol. The summed E-state index contributed by atoms with van der Waals surface area (Å²) in [5.41, 5.74) is 2.61. The van der Waals surface area contributed by atoms with Crippen molar-refractivity contribution in [3.8, 4) is 0 Å². The van der Waals surface area contributed by atoms with Gasteiger partial charge >= 0.3 is 0 Å². The van der Waals surface area contributed by atoms with Gasteiger partial charge in [-0.1, -0.05) is 5.16 Å². The fourth-order valence-corrected chi connectivity index (χ4v) is 3.37. The zero-order chi connectivity index (χ0) is 18.1. The van der Waals surface area contributed by atoms with Crippen molar-refractivity contribution in [1.29, 1.82) is 0 Å². The first kappa shape index (κ1) is 16.5. The second kappa shape index (κ2) is 6.74. The first-order valence-electron chi connectivity index (χ1n) is 8.73. The Labute approximate surface area is 150 Å². The number of fused-ring (bicyclic) bond motifs is 1. The van der Waals surface area contributed by atoms with Crippen LogP contribution in [-0.2, 0) is 11.2 Å². The van der Waals surface area contributed by atoms with E-state index in [9.17, 15) is 4.79 Å². The van der Waals surface area contributed by atoms with Crippen molar-refractivity contribution in [3.05, 3.63) is 35.5 Å². The number of hydrogen-bond donors (Lipinski definition) is 1. The molecule has 0 unspecified atom stereocenters. The predicted molar refractivity (Wildman–Crippen MR) is 93.8 cm³/mol. The lowest BCUT2D eigenvalue weighted by atomic mass is 10.1. The minimum atomic E-state index is 0.0547. The van der Waals surface area contributed by atoms with Crippen LogP contribution in [0.4, 0.5) is 5.82 Å². The van der Waals surface area contributed by atoms with E-state index in [0.717, 1.165) is 48.0 Å². The van der Waals surface area contributed by atoms with Gasteiger partial charge in [0.2, 0.25) is 5.91 Å². The van der Waals surface area contributed by atoms with Crippen molar-refractivity contribution in [2.45, 2.75) is 39.2 Å². The Morgan fingerprint density at radius 2 is 2.27 bits per heavy atom. The lowest BCUT2D eigenvalue weighted by Gasteiger charge is -2.17. The largest absolute Gasteiger partial charge is 0.361 e. The second-order valence-electron chi connectivity index (χ2n) is 6.63. The molecule has 9 heteroatoms. The molecular formula is C17H21N7O2. The lowest BCUT2D eigenvalue weighted by Crippen LogP contribution is -2.37. The van der Waals surface area contributed by atoms with Crippen molar-refractivity contribution in [2.75, 3.05) is 18.0 Å². The van der Waals surface area contributed by atoms with Gasteiger partial charge in [-0.3, -0.25) is 4.79 Å². The molecule has 0 spiro atoms. The number of aryl methyl sites for hydroxylation is 2. The normalized spacial score (nSPS) is 17.2. The molecule has 1 fully saturated rings. The topological polar surface area (TPSA) is 101 Å². The van der Waals surface area contributed by atoms with E-state index in [0.29, 0.717) is 12.8 Å². The molecule has 3 aromatic rings. The van der Waals surface area contributed by atoms with Crippen LogP contribution in [0.2, 0.25) is 0 Å². The fourth-order valence-electron chi connectivity index (χ4n) is 3.37. The predicted octanol–water partition coefficient (Wildman–Crippen LogP) is 1.06. The number of carbonyl (C=O) groups excluding carboxylic acids is 1. The molecule has 1 aliphatic rings. The van der Waals surface area contributed by atoms with Crippen LogP contribution >= 0.6 is 0 Å². The first-order valence-corrected chi connectivity index (χ1v) is 8.73. The van der Waals surface area contributed by atoms with E-state index in [-0.39, 0.29) is 11.9 Å². The average Bonchev–Trinajstić information content (AvgIpc) is 3.34. The summed E-state index contributed by atoms with van der Waals surface area (Å²) in [4.78, 5) is 14.4. The van der Waals surface area contributed by atoms with Crippen molar-refractivity contribution < 1.29 is 9.32 Å². The summed E-state index contributed by atoms with van der Waals surface area (Å²) in [6, 6.07) is 3.96. The molecule has 0 radical (unpaired) electrons. The minimum Gasteiger partial charge on any atom is -0.361 e. The van der Waals surface area contributed by atoms with Crippen LogP contribution < -0.4 is 10.2 Å². The van der Waals surface area contributed by atoms with Crippen molar-refractivity contribution in [3.63, 3.8) is 0 Å². The molecule has 4 heterocycles. The summed E-state index contributed by atoms with van der Waals surface area (Å²) in [6.07, 6.45) is 3.57. The smallest absolute Gasteiger partial charge is 0.220 e. The maximum absolute atomic E-state index is 12.3. The number of hydrogen-bond acceptors (Lipinski definition) is 7. The molecule has 9 nitrogen and oxygen atoms in total. The van der Waals surface area contributed by atoms with Crippen LogP contribution in [0.5, 0.6) is 0 Å². The molecule has 3 aromatic heterocycles. The van der Waals surface area contributed by atoms with E-state index in [2.05, 4.69) is 30.7 Å². The van der Waals surface area contributed by atoms with E-state index >= 15 is 0 Å². The van der Waals surface area contributed by atoms with Gasteiger partial charge in [0, 0.05) is 31.1 Å². The highest BCUT2D eigenvalue weighted by Crippen LogP contribution is 2.19. The number of nitrogens with zero attached hydrogens (tertiary/aromatic N) is 6. The number of amides is 1. The highest BCUT2D eigenvalue weighted by molar-refractivity contribution is 5.76. The third kappa shape index (κ3) is 3.24. The van der Waals surface area contributed by atoms with Gasteiger partial charge in [-0.15, -0.1) is 15.3 Å². The van der Waals surface area contributed by atoms with Gasteiger partial charge in [0.1, 0.15) is 17.9 Å². The zero-order valence-electron chi connectivity index (χ0n) is 14.8. The summed E-state index contributed by atoms with van der Waals surface area (Å²) in [5, 5.41) is 19.4. The number of aromatic nitrogens is 5. The van der Waals surface area contributed by atoms with Gasteiger partial charge in [0.15, 0.2) is 5.65 Å². The van der Waals surface area contributed by atoms with Crippen molar-refractivity contribution in [1.82, 2.24) is 30.3 Å². The number of carbonyl (C=O) groups is 1. The SMILES string of the molecule is Cc1noc(C)c1CCC(=O)N[C@@H]1CCN(c2ccc3nncn3n2)C1. The highest BCUT2D eigenvalue weighted by Gasteiger charge is 2.25. The van der Waals surface area contributed by atoms with Crippen molar-refractivity contribution in [2.24, 2.45) is 0 Å². The Hall–Kier alpha value is -2.97. The molecule has 1 N–H and O–H groups in total. The van der Waals surface area contributed by atoms with E-state index in [1.165, 1.54) is 0 Å². The number of rotatable bonds is 5. The molecule has 136 valence electrons. The van der Waals surface area contributed by atoms with Crippen LogP contribution in [0, 0.1) is 13.8 Å². The van der Waals surface area contributed by atoms with E-state index in [4.69, 9.17) is 4.52 Å². The summed E-state index contributed by atoms with van der Waals surface area (Å²) in [7, 11) is 0. The maximum atomic E-state index is 12.3. The van der Waals surface area contributed by atoms with Crippen molar-refractivity contribution >= 4 is 17.4 Å². The molecular weight excluding hydrogens is 334 g/mol. The second-order valence-corrected chi connectivity index (χ2v) is 6.63. The van der Waals surface area contributed by atoms with Crippen LogP contribution in [0.25, 0.3) is 5.65 Å². The molecule has 1 saturated heterocycles. The summed E-state index contributed by atoms with van der Waals surface area (Å²) in [6.45, 7) is 5.38.